The summed E-state index contributed by atoms with van der Waals surface area (Å²) in [6.45, 7) is 7.71. The maximum Gasteiger partial charge on any atom is 0.229 e. The second-order valence-corrected chi connectivity index (χ2v) is 15.3. The SMILES string of the molecule is Cc1ccc(Nc2nc(Nc3ccc4c(c3)CC[C@@H](N3CC5C(C#N)C5C3)CC4)ncc2Cl)c(P(C)(C)=O)c1. The van der Waals surface area contributed by atoms with Gasteiger partial charge in [-0.2, -0.15) is 10.2 Å². The van der Waals surface area contributed by atoms with E-state index < -0.39 is 7.14 Å². The quantitative estimate of drug-likeness (QED) is 0.277. The van der Waals surface area contributed by atoms with Crippen LogP contribution in [0.4, 0.5) is 23.1 Å². The van der Waals surface area contributed by atoms with Crippen molar-refractivity contribution in [3.05, 3.63) is 64.3 Å². The van der Waals surface area contributed by atoms with Crippen molar-refractivity contribution in [1.82, 2.24) is 14.9 Å². The van der Waals surface area contributed by atoms with Gasteiger partial charge in [-0.3, -0.25) is 4.90 Å². The topological polar surface area (TPSA) is 93.9 Å². The Morgan fingerprint density at radius 1 is 1.05 bits per heavy atom. The van der Waals surface area contributed by atoms with E-state index in [-0.39, 0.29) is 0 Å². The van der Waals surface area contributed by atoms with Crippen molar-refractivity contribution < 1.29 is 4.57 Å². The summed E-state index contributed by atoms with van der Waals surface area (Å²) in [6, 6.07) is 15.5. The Labute approximate surface area is 235 Å². The predicted molar refractivity (Wildman–Crippen MR) is 158 cm³/mol. The molecule has 2 heterocycles. The number of rotatable bonds is 6. The number of benzene rings is 2. The van der Waals surface area contributed by atoms with Crippen LogP contribution in [0, 0.1) is 36.0 Å². The van der Waals surface area contributed by atoms with E-state index in [9.17, 15) is 9.83 Å². The smallest absolute Gasteiger partial charge is 0.229 e. The van der Waals surface area contributed by atoms with Crippen molar-refractivity contribution in [1.29, 1.82) is 5.26 Å². The van der Waals surface area contributed by atoms with Crippen LogP contribution >= 0.6 is 18.7 Å². The number of nitrogens with zero attached hydrogens (tertiary/aromatic N) is 4. The van der Waals surface area contributed by atoms with Crippen LogP contribution in [0.5, 0.6) is 0 Å². The first-order chi connectivity index (χ1) is 18.7. The summed E-state index contributed by atoms with van der Waals surface area (Å²) in [7, 11) is -2.51. The number of piperidine rings is 1. The van der Waals surface area contributed by atoms with Crippen LogP contribution < -0.4 is 15.9 Å². The summed E-state index contributed by atoms with van der Waals surface area (Å²) in [5.74, 6) is 2.44. The van der Waals surface area contributed by atoms with Crippen LogP contribution in [0.3, 0.4) is 0 Å². The molecule has 2 N–H and O–H groups in total. The van der Waals surface area contributed by atoms with Gasteiger partial charge < -0.3 is 15.2 Å². The minimum atomic E-state index is -2.51. The van der Waals surface area contributed by atoms with Gasteiger partial charge in [0.2, 0.25) is 5.95 Å². The molecule has 7 nitrogen and oxygen atoms in total. The Morgan fingerprint density at radius 3 is 2.51 bits per heavy atom. The molecule has 0 amide bonds. The summed E-state index contributed by atoms with van der Waals surface area (Å²) in [6.07, 6.45) is 6.03. The zero-order valence-corrected chi connectivity index (χ0v) is 24.3. The summed E-state index contributed by atoms with van der Waals surface area (Å²) >= 11 is 6.45. The van der Waals surface area contributed by atoms with Gasteiger partial charge in [0.05, 0.1) is 23.9 Å². The molecule has 1 saturated heterocycles. The highest BCUT2D eigenvalue weighted by molar-refractivity contribution is 7.70. The fourth-order valence-electron chi connectivity index (χ4n) is 6.35. The number of halogens is 1. The number of fused-ring (bicyclic) bond motifs is 2. The van der Waals surface area contributed by atoms with Crippen LogP contribution in [-0.2, 0) is 17.4 Å². The molecule has 0 spiro atoms. The van der Waals surface area contributed by atoms with E-state index in [1.54, 1.807) is 19.5 Å². The first-order valence-electron chi connectivity index (χ1n) is 13.7. The zero-order valence-electron chi connectivity index (χ0n) is 22.6. The van der Waals surface area contributed by atoms with Crippen molar-refractivity contribution in [2.24, 2.45) is 17.8 Å². The van der Waals surface area contributed by atoms with E-state index in [4.69, 9.17) is 11.6 Å². The van der Waals surface area contributed by atoms with Crippen molar-refractivity contribution in [3.8, 4) is 6.07 Å². The summed E-state index contributed by atoms with van der Waals surface area (Å²) < 4.78 is 12.9. The Balaban J connectivity index is 1.15. The maximum atomic E-state index is 12.9. The highest BCUT2D eigenvalue weighted by Crippen LogP contribution is 2.52. The number of aromatic nitrogens is 2. The highest BCUT2D eigenvalue weighted by Gasteiger charge is 2.56. The number of aryl methyl sites for hydroxylation is 3. The van der Waals surface area contributed by atoms with Gasteiger partial charge in [-0.25, -0.2) is 4.98 Å². The zero-order chi connectivity index (χ0) is 27.3. The molecule has 9 heteroatoms. The third kappa shape index (κ3) is 5.43. The first kappa shape index (κ1) is 26.3. The van der Waals surface area contributed by atoms with E-state index in [2.05, 4.69) is 49.8 Å². The molecule has 1 aromatic heterocycles. The second-order valence-electron chi connectivity index (χ2n) is 11.7. The standard InChI is InChI=1S/C30H34ClN6OP/c1-18-4-11-27(28(12-18)39(2,3)38)35-29-26(31)15-33-30(36-29)34-21-8-5-19-6-9-22(10-7-20(19)13-21)37-16-24-23(14-32)25(24)17-37/h4-5,8,11-13,15,22-25H,6-7,9-10,16-17H2,1-3H3,(H2,33,34,35,36)/t22-,23?,24?,25?/m0/s1. The second kappa shape index (κ2) is 10.2. The molecule has 2 unspecified atom stereocenters. The van der Waals surface area contributed by atoms with E-state index in [1.165, 1.54) is 17.5 Å². The molecule has 3 atom stereocenters. The number of nitrogens with one attached hydrogen (secondary N) is 2. The largest absolute Gasteiger partial charge is 0.338 e. The average molecular weight is 561 g/mol. The van der Waals surface area contributed by atoms with Gasteiger partial charge >= 0.3 is 0 Å². The summed E-state index contributed by atoms with van der Waals surface area (Å²) in [4.78, 5) is 11.7. The fraction of sp³-hybridized carbons (Fsp3) is 0.433. The molecule has 0 radical (unpaired) electrons. The minimum Gasteiger partial charge on any atom is -0.338 e. The Kier molecular flexibility index (Phi) is 6.91. The van der Waals surface area contributed by atoms with Gasteiger partial charge in [0.1, 0.15) is 12.2 Å². The minimum absolute atomic E-state index is 0.308. The maximum absolute atomic E-state index is 12.9. The van der Waals surface area contributed by atoms with Crippen LogP contribution in [0.25, 0.3) is 0 Å². The van der Waals surface area contributed by atoms with Crippen molar-refractivity contribution in [2.75, 3.05) is 37.1 Å². The Bertz CT molecular complexity index is 1500. The summed E-state index contributed by atoms with van der Waals surface area (Å²) in [5.41, 5.74) is 5.52. The number of anilines is 4. The fourth-order valence-corrected chi connectivity index (χ4v) is 7.71. The van der Waals surface area contributed by atoms with Gasteiger partial charge in [-0.15, -0.1) is 0 Å². The molecule has 0 bridgehead atoms. The van der Waals surface area contributed by atoms with Gasteiger partial charge in [0.15, 0.2) is 5.82 Å². The van der Waals surface area contributed by atoms with Crippen LogP contribution in [-0.4, -0.2) is 47.3 Å². The van der Waals surface area contributed by atoms with Crippen LogP contribution in [0.2, 0.25) is 5.02 Å². The molecule has 1 saturated carbocycles. The summed E-state index contributed by atoms with van der Waals surface area (Å²) in [5, 5.41) is 17.0. The van der Waals surface area contributed by atoms with E-state index in [0.717, 1.165) is 54.6 Å². The van der Waals surface area contributed by atoms with Crippen LogP contribution in [0.15, 0.2) is 42.6 Å². The van der Waals surface area contributed by atoms with E-state index in [1.807, 2.05) is 25.1 Å². The molecule has 2 fully saturated rings. The predicted octanol–water partition coefficient (Wildman–Crippen LogP) is 6.12. The van der Waals surface area contributed by atoms with Gasteiger partial charge in [0.25, 0.3) is 0 Å². The van der Waals surface area contributed by atoms with E-state index in [0.29, 0.717) is 40.6 Å². The lowest BCUT2D eigenvalue weighted by atomic mass is 10.0. The molecule has 2 aliphatic carbocycles. The number of nitriles is 1. The monoisotopic (exact) mass is 560 g/mol. The first-order valence-corrected chi connectivity index (χ1v) is 16.7. The number of hydrogen-bond acceptors (Lipinski definition) is 7. The lowest BCUT2D eigenvalue weighted by Gasteiger charge is -2.28. The normalized spacial score (nSPS) is 24.3. The lowest BCUT2D eigenvalue weighted by molar-refractivity contribution is 0.195. The molecule has 3 aliphatic rings. The van der Waals surface area contributed by atoms with Crippen molar-refractivity contribution in [2.45, 2.75) is 38.6 Å². The number of hydrogen-bond donors (Lipinski definition) is 2. The molecule has 1 aliphatic heterocycles. The molecule has 202 valence electrons. The van der Waals surface area contributed by atoms with E-state index >= 15 is 0 Å². The van der Waals surface area contributed by atoms with Crippen molar-refractivity contribution >= 4 is 47.2 Å². The molecular weight excluding hydrogens is 527 g/mol. The van der Waals surface area contributed by atoms with Crippen molar-refractivity contribution in [3.63, 3.8) is 0 Å². The van der Waals surface area contributed by atoms with Crippen LogP contribution in [0.1, 0.15) is 29.5 Å². The average Bonchev–Trinajstić information content (AvgIpc) is 3.46. The Morgan fingerprint density at radius 2 is 1.79 bits per heavy atom. The molecule has 2 aromatic carbocycles. The number of likely N-dealkylation sites (tertiary alicyclic amines) is 1. The third-order valence-electron chi connectivity index (χ3n) is 8.57. The highest BCUT2D eigenvalue weighted by atomic mass is 35.5. The molecule has 39 heavy (non-hydrogen) atoms. The lowest BCUT2D eigenvalue weighted by Crippen LogP contribution is -2.35. The third-order valence-corrected chi connectivity index (χ3v) is 10.4. The van der Waals surface area contributed by atoms with Gasteiger partial charge in [0, 0.05) is 30.1 Å². The molecule has 6 rings (SSSR count). The Hall–Kier alpha value is -2.91. The molecule has 3 aromatic rings. The van der Waals surface area contributed by atoms with Gasteiger partial charge in [-0.05, 0) is 93.2 Å². The molecular formula is C30H34ClN6OP. The van der Waals surface area contributed by atoms with Gasteiger partial charge in [-0.1, -0.05) is 29.3 Å².